The Morgan fingerprint density at radius 2 is 1.10 bits per heavy atom. The molecule has 0 N–H and O–H groups in total. The molecule has 2 aromatic heterocycles. The topological polar surface area (TPSA) is 131 Å². The van der Waals surface area contributed by atoms with E-state index in [0.717, 1.165) is 11.1 Å². The molecule has 0 aliphatic heterocycles. The van der Waals surface area contributed by atoms with Gasteiger partial charge in [-0.15, -0.1) is 0 Å². The van der Waals surface area contributed by atoms with Gasteiger partial charge in [-0.3, -0.25) is 9.59 Å². The van der Waals surface area contributed by atoms with Crippen molar-refractivity contribution in [3.05, 3.63) is 127 Å². The summed E-state index contributed by atoms with van der Waals surface area (Å²) in [6.07, 6.45) is 0.498. The molecule has 0 spiro atoms. The summed E-state index contributed by atoms with van der Waals surface area (Å²) in [4.78, 5) is 47.6. The summed E-state index contributed by atoms with van der Waals surface area (Å²) in [5.74, 6) is -1.44. The summed E-state index contributed by atoms with van der Waals surface area (Å²) in [6, 6.07) is 21.2. The molecule has 0 unspecified atom stereocenters. The highest BCUT2D eigenvalue weighted by atomic mass is 79.9. The molecular formula is C31H29BrO10. The van der Waals surface area contributed by atoms with Crippen molar-refractivity contribution in [2.45, 2.75) is 31.9 Å². The highest BCUT2D eigenvalue weighted by Crippen LogP contribution is 2.20. The van der Waals surface area contributed by atoms with E-state index in [-0.39, 0.29) is 36.2 Å². The van der Waals surface area contributed by atoms with Crippen LogP contribution >= 0.6 is 15.9 Å². The maximum atomic E-state index is 12.1. The normalized spacial score (nSPS) is 10.2. The molecule has 220 valence electrons. The van der Waals surface area contributed by atoms with Gasteiger partial charge < -0.3 is 27.8 Å². The van der Waals surface area contributed by atoms with Crippen LogP contribution in [-0.2, 0) is 34.4 Å². The van der Waals surface area contributed by atoms with Crippen LogP contribution in [0.5, 0.6) is 11.5 Å². The summed E-state index contributed by atoms with van der Waals surface area (Å²) < 4.78 is 30.9. The monoisotopic (exact) mass is 640 g/mol. The molecule has 0 saturated heterocycles. The fourth-order valence-electron chi connectivity index (χ4n) is 3.49. The third-order valence-corrected chi connectivity index (χ3v) is 6.14. The highest BCUT2D eigenvalue weighted by Gasteiger charge is 2.22. The van der Waals surface area contributed by atoms with E-state index < -0.39 is 22.8 Å². The van der Waals surface area contributed by atoms with Gasteiger partial charge in [-0.05, 0) is 11.1 Å². The van der Waals surface area contributed by atoms with Crippen LogP contribution in [0.2, 0.25) is 0 Å². The van der Waals surface area contributed by atoms with Gasteiger partial charge in [-0.2, -0.15) is 0 Å². The molecule has 0 bridgehead atoms. The average molecular weight is 641 g/mol. The van der Waals surface area contributed by atoms with Crippen molar-refractivity contribution in [2.75, 3.05) is 14.2 Å². The molecule has 4 rings (SSSR count). The van der Waals surface area contributed by atoms with Gasteiger partial charge in [0.05, 0.1) is 19.5 Å². The molecule has 4 aromatic rings. The van der Waals surface area contributed by atoms with Gasteiger partial charge in [-0.25, -0.2) is 9.59 Å². The maximum Gasteiger partial charge on any atom is 0.378 e. The van der Waals surface area contributed by atoms with E-state index in [0.29, 0.717) is 23.3 Å². The van der Waals surface area contributed by atoms with Crippen molar-refractivity contribution in [1.82, 2.24) is 0 Å². The van der Waals surface area contributed by atoms with Crippen molar-refractivity contribution in [3.63, 3.8) is 0 Å². The van der Waals surface area contributed by atoms with E-state index in [1.807, 2.05) is 67.6 Å². The van der Waals surface area contributed by atoms with Crippen LogP contribution in [0.4, 0.5) is 0 Å². The highest BCUT2D eigenvalue weighted by molar-refractivity contribution is 9.08. The Morgan fingerprint density at radius 1 is 0.690 bits per heavy atom. The number of alkyl halides is 1. The standard InChI is InChI=1S/C16H16O5.C15H13BrO5/c1-3-12-9-13(17)14(15(21-12)16(18)19-2)20-10-11-7-5-4-6-8-11;1-19-15(18)14-13(12(17)7-11(8-16)21-14)20-9-10-5-3-2-4-6-10/h4-9H,3,10H2,1-2H3;2-7H,8-9H2,1H3. The largest absolute Gasteiger partial charge is 0.481 e. The van der Waals surface area contributed by atoms with Crippen LogP contribution in [0, 0.1) is 0 Å². The zero-order valence-electron chi connectivity index (χ0n) is 23.2. The van der Waals surface area contributed by atoms with Crippen LogP contribution in [0.3, 0.4) is 0 Å². The predicted molar refractivity (Wildman–Crippen MR) is 156 cm³/mol. The van der Waals surface area contributed by atoms with E-state index in [2.05, 4.69) is 25.4 Å². The number of hydrogen-bond acceptors (Lipinski definition) is 10. The van der Waals surface area contributed by atoms with Gasteiger partial charge >= 0.3 is 11.9 Å². The van der Waals surface area contributed by atoms with Crippen LogP contribution in [0.15, 0.2) is 91.2 Å². The number of hydrogen-bond donors (Lipinski definition) is 0. The SMILES string of the molecule is CCc1cc(=O)c(OCc2ccccc2)c(C(=O)OC)o1.COC(=O)c1oc(CBr)cc(=O)c1OCc1ccccc1. The minimum Gasteiger partial charge on any atom is -0.481 e. The van der Waals surface area contributed by atoms with Gasteiger partial charge in [0.15, 0.2) is 0 Å². The lowest BCUT2D eigenvalue weighted by Crippen LogP contribution is -2.15. The maximum absolute atomic E-state index is 12.1. The molecule has 0 aliphatic rings. The number of aryl methyl sites for hydroxylation is 1. The third-order valence-electron chi connectivity index (χ3n) is 5.58. The predicted octanol–water partition coefficient (Wildman–Crippen LogP) is 5.47. The zero-order chi connectivity index (χ0) is 30.5. The molecule has 11 heteroatoms. The number of rotatable bonds is 10. The second-order valence-corrected chi connectivity index (χ2v) is 9.05. The Kier molecular flexibility index (Phi) is 12.1. The zero-order valence-corrected chi connectivity index (χ0v) is 24.8. The molecule has 0 aliphatic carbocycles. The summed E-state index contributed by atoms with van der Waals surface area (Å²) >= 11 is 3.17. The Labute approximate surface area is 249 Å². The number of halogens is 1. The van der Waals surface area contributed by atoms with Crippen LogP contribution < -0.4 is 20.3 Å². The minimum atomic E-state index is -0.752. The number of benzene rings is 2. The molecule has 0 amide bonds. The Morgan fingerprint density at radius 3 is 1.48 bits per heavy atom. The molecule has 2 heterocycles. The van der Waals surface area contributed by atoms with Crippen LogP contribution in [-0.4, -0.2) is 26.2 Å². The summed E-state index contributed by atoms with van der Waals surface area (Å²) in [6.45, 7) is 2.15. The molecule has 42 heavy (non-hydrogen) atoms. The van der Waals surface area contributed by atoms with Crippen molar-refractivity contribution >= 4 is 27.9 Å². The van der Waals surface area contributed by atoms with Gasteiger partial charge in [0.2, 0.25) is 22.4 Å². The molecule has 0 atom stereocenters. The molecule has 0 saturated carbocycles. The van der Waals surface area contributed by atoms with Crippen molar-refractivity contribution in [1.29, 1.82) is 0 Å². The lowest BCUT2D eigenvalue weighted by Gasteiger charge is -2.09. The van der Waals surface area contributed by atoms with Crippen LogP contribution in [0.25, 0.3) is 0 Å². The van der Waals surface area contributed by atoms with Crippen molar-refractivity contribution in [3.8, 4) is 11.5 Å². The second kappa shape index (κ2) is 16.0. The quantitative estimate of drug-likeness (QED) is 0.162. The first kappa shape index (κ1) is 31.9. The molecule has 10 nitrogen and oxygen atoms in total. The second-order valence-electron chi connectivity index (χ2n) is 8.49. The molecule has 0 fully saturated rings. The smallest absolute Gasteiger partial charge is 0.378 e. The van der Waals surface area contributed by atoms with E-state index in [9.17, 15) is 19.2 Å². The number of ether oxygens (including phenoxy) is 4. The molecule has 0 radical (unpaired) electrons. The van der Waals surface area contributed by atoms with E-state index in [1.54, 1.807) is 0 Å². The Hall–Kier alpha value is -4.64. The van der Waals surface area contributed by atoms with Crippen molar-refractivity contribution in [2.24, 2.45) is 0 Å². The van der Waals surface area contributed by atoms with Gasteiger partial charge in [-0.1, -0.05) is 83.5 Å². The average Bonchev–Trinajstić information content (AvgIpc) is 3.03. The number of methoxy groups -OCH3 is 2. The first-order valence-corrected chi connectivity index (χ1v) is 13.8. The fraction of sp³-hybridized carbons (Fsp3) is 0.226. The van der Waals surface area contributed by atoms with Gasteiger partial charge in [0.1, 0.15) is 24.7 Å². The lowest BCUT2D eigenvalue weighted by atomic mass is 10.2. The first-order valence-electron chi connectivity index (χ1n) is 12.7. The minimum absolute atomic E-state index is 0.122. The molecule has 2 aromatic carbocycles. The fourth-order valence-corrected chi connectivity index (χ4v) is 3.76. The van der Waals surface area contributed by atoms with Crippen molar-refractivity contribution < 1.29 is 37.4 Å². The summed E-state index contributed by atoms with van der Waals surface area (Å²) in [5.41, 5.74) is 0.936. The number of esters is 2. The summed E-state index contributed by atoms with van der Waals surface area (Å²) in [7, 11) is 2.44. The number of carbonyl (C=O) groups is 2. The van der Waals surface area contributed by atoms with E-state index in [1.165, 1.54) is 26.4 Å². The number of carbonyl (C=O) groups excluding carboxylic acids is 2. The first-order chi connectivity index (χ1) is 20.3. The lowest BCUT2D eigenvalue weighted by molar-refractivity contribution is 0.0542. The summed E-state index contributed by atoms with van der Waals surface area (Å²) in [5, 5.41) is 0.311. The van der Waals surface area contributed by atoms with Gasteiger partial charge in [0.25, 0.3) is 11.5 Å². The Bertz CT molecular complexity index is 1470. The van der Waals surface area contributed by atoms with Gasteiger partial charge in [0, 0.05) is 18.6 Å². The van der Waals surface area contributed by atoms with E-state index >= 15 is 0 Å². The third kappa shape index (κ3) is 8.68. The van der Waals surface area contributed by atoms with E-state index in [4.69, 9.17) is 18.3 Å². The molecular weight excluding hydrogens is 612 g/mol. The Balaban J connectivity index is 0.000000230. The van der Waals surface area contributed by atoms with Crippen LogP contribution in [0.1, 0.15) is 50.7 Å².